The number of anilines is 1. The number of piperazine rings is 1. The van der Waals surface area contributed by atoms with Crippen LogP contribution in [0.4, 0.5) is 5.69 Å². The maximum Gasteiger partial charge on any atom is 0.228 e. The molecule has 8 heteroatoms. The third-order valence-corrected chi connectivity index (χ3v) is 6.76. The minimum atomic E-state index is -0.296. The zero-order chi connectivity index (χ0) is 20.4. The van der Waals surface area contributed by atoms with Crippen LogP contribution < -0.4 is 9.64 Å². The number of nitrogens with zero attached hydrogens (tertiary/aromatic N) is 3. The van der Waals surface area contributed by atoms with Crippen LogP contribution in [0.5, 0.6) is 5.75 Å². The number of para-hydroxylation sites is 2. The van der Waals surface area contributed by atoms with Crippen LogP contribution in [0.3, 0.4) is 0 Å². The van der Waals surface area contributed by atoms with Gasteiger partial charge in [0.1, 0.15) is 5.75 Å². The molecule has 0 saturated carbocycles. The van der Waals surface area contributed by atoms with Gasteiger partial charge in [0.15, 0.2) is 0 Å². The van der Waals surface area contributed by atoms with Crippen LogP contribution in [-0.4, -0.2) is 61.4 Å². The second-order valence-corrected chi connectivity index (χ2v) is 9.18. The van der Waals surface area contributed by atoms with Crippen molar-refractivity contribution in [2.45, 2.75) is 13.0 Å². The van der Waals surface area contributed by atoms with Crippen LogP contribution in [0.1, 0.15) is 11.3 Å². The lowest BCUT2D eigenvalue weighted by Gasteiger charge is -2.35. The van der Waals surface area contributed by atoms with Crippen molar-refractivity contribution in [3.63, 3.8) is 0 Å². The van der Waals surface area contributed by atoms with Gasteiger partial charge in [0.25, 0.3) is 0 Å². The van der Waals surface area contributed by atoms with E-state index in [1.165, 1.54) is 4.88 Å². The molecule has 0 aliphatic carbocycles. The van der Waals surface area contributed by atoms with Gasteiger partial charge in [-0.05, 0) is 24.3 Å². The monoisotopic (exact) mass is 433 g/mol. The fourth-order valence-electron chi connectivity index (χ4n) is 4.00. The highest BCUT2D eigenvalue weighted by molar-refractivity contribution is 7.16. The largest absolute Gasteiger partial charge is 0.495 e. The van der Waals surface area contributed by atoms with Crippen molar-refractivity contribution >= 4 is 40.4 Å². The van der Waals surface area contributed by atoms with E-state index < -0.39 is 0 Å². The van der Waals surface area contributed by atoms with E-state index in [-0.39, 0.29) is 24.2 Å². The van der Waals surface area contributed by atoms with Gasteiger partial charge in [-0.15, -0.1) is 11.3 Å². The molecule has 2 aliphatic heterocycles. The fourth-order valence-corrected chi connectivity index (χ4v) is 5.13. The number of methoxy groups -OCH3 is 1. The van der Waals surface area contributed by atoms with Gasteiger partial charge in [-0.25, -0.2) is 0 Å². The molecule has 2 aliphatic rings. The molecule has 2 saturated heterocycles. The molecule has 0 spiro atoms. The Balaban J connectivity index is 1.34. The lowest BCUT2D eigenvalue weighted by atomic mass is 10.1. The smallest absolute Gasteiger partial charge is 0.228 e. The summed E-state index contributed by atoms with van der Waals surface area (Å²) in [5, 5.41) is 0. The van der Waals surface area contributed by atoms with Gasteiger partial charge >= 0.3 is 0 Å². The normalized spacial score (nSPS) is 20.3. The first-order valence-corrected chi connectivity index (χ1v) is 10.9. The molecule has 0 bridgehead atoms. The number of hydrogen-bond donors (Lipinski definition) is 0. The van der Waals surface area contributed by atoms with E-state index in [2.05, 4.69) is 11.0 Å². The second-order valence-electron chi connectivity index (χ2n) is 7.38. The van der Waals surface area contributed by atoms with Gasteiger partial charge in [0, 0.05) is 50.6 Å². The van der Waals surface area contributed by atoms with Crippen LogP contribution in [0, 0.1) is 5.92 Å². The Labute approximate surface area is 179 Å². The Bertz CT molecular complexity index is 895. The quantitative estimate of drug-likeness (QED) is 0.727. The molecular formula is C21H24ClN3O3S. The van der Waals surface area contributed by atoms with Crippen molar-refractivity contribution in [1.29, 1.82) is 0 Å². The topological polar surface area (TPSA) is 53.1 Å². The number of amides is 2. The molecule has 154 valence electrons. The lowest BCUT2D eigenvalue weighted by Crippen LogP contribution is -2.50. The van der Waals surface area contributed by atoms with E-state index in [4.69, 9.17) is 16.3 Å². The summed E-state index contributed by atoms with van der Waals surface area (Å²) in [6, 6.07) is 11.4. The van der Waals surface area contributed by atoms with Gasteiger partial charge < -0.3 is 14.5 Å². The summed E-state index contributed by atoms with van der Waals surface area (Å²) in [7, 11) is 1.59. The Morgan fingerprint density at radius 3 is 2.62 bits per heavy atom. The second kappa shape index (κ2) is 8.73. The summed E-state index contributed by atoms with van der Waals surface area (Å²) in [6.07, 6.45) is 0.255. The average molecular weight is 434 g/mol. The molecule has 1 unspecified atom stereocenters. The molecule has 1 aromatic heterocycles. The third-order valence-electron chi connectivity index (χ3n) is 5.54. The number of ether oxygens (including phenoxy) is 1. The van der Waals surface area contributed by atoms with E-state index in [1.807, 2.05) is 35.2 Å². The van der Waals surface area contributed by atoms with Crippen LogP contribution in [0.15, 0.2) is 36.4 Å². The summed E-state index contributed by atoms with van der Waals surface area (Å²) < 4.78 is 6.18. The molecule has 0 N–H and O–H groups in total. The van der Waals surface area contributed by atoms with Crippen LogP contribution in [0.2, 0.25) is 4.34 Å². The van der Waals surface area contributed by atoms with Crippen LogP contribution >= 0.6 is 22.9 Å². The Morgan fingerprint density at radius 2 is 1.93 bits per heavy atom. The molecule has 3 heterocycles. The lowest BCUT2D eigenvalue weighted by molar-refractivity contribution is -0.137. The molecule has 2 aromatic rings. The fraction of sp³-hybridized carbons (Fsp3) is 0.429. The van der Waals surface area contributed by atoms with E-state index >= 15 is 0 Å². The standard InChI is InChI=1S/C21H24ClN3O3S/c1-28-18-5-3-2-4-17(18)25-13-15(12-20(25)26)21(27)24-10-8-23(9-11-24)14-16-6-7-19(22)29-16/h2-7,15H,8-14H2,1H3. The minimum Gasteiger partial charge on any atom is -0.495 e. The molecule has 6 nitrogen and oxygen atoms in total. The number of halogens is 1. The van der Waals surface area contributed by atoms with Gasteiger partial charge in [-0.2, -0.15) is 0 Å². The van der Waals surface area contributed by atoms with E-state index in [1.54, 1.807) is 23.3 Å². The van der Waals surface area contributed by atoms with Crippen molar-refractivity contribution < 1.29 is 14.3 Å². The van der Waals surface area contributed by atoms with Gasteiger partial charge in [-0.3, -0.25) is 14.5 Å². The summed E-state index contributed by atoms with van der Waals surface area (Å²) in [4.78, 5) is 32.8. The van der Waals surface area contributed by atoms with Crippen molar-refractivity contribution in [2.24, 2.45) is 5.92 Å². The molecule has 1 aromatic carbocycles. The average Bonchev–Trinajstić information content (AvgIpc) is 3.33. The van der Waals surface area contributed by atoms with E-state index in [0.29, 0.717) is 25.4 Å². The Kier molecular flexibility index (Phi) is 6.08. The summed E-state index contributed by atoms with van der Waals surface area (Å²) in [6.45, 7) is 4.32. The highest BCUT2D eigenvalue weighted by Gasteiger charge is 2.38. The zero-order valence-electron chi connectivity index (χ0n) is 16.3. The number of rotatable bonds is 5. The first-order chi connectivity index (χ1) is 14.0. The zero-order valence-corrected chi connectivity index (χ0v) is 17.9. The van der Waals surface area contributed by atoms with Crippen molar-refractivity contribution in [2.75, 3.05) is 44.7 Å². The van der Waals surface area contributed by atoms with Crippen LogP contribution in [0.25, 0.3) is 0 Å². The molecule has 2 fully saturated rings. The molecular weight excluding hydrogens is 410 g/mol. The molecule has 4 rings (SSSR count). The van der Waals surface area contributed by atoms with E-state index in [0.717, 1.165) is 29.7 Å². The third kappa shape index (κ3) is 4.42. The maximum absolute atomic E-state index is 13.0. The molecule has 0 radical (unpaired) electrons. The van der Waals surface area contributed by atoms with E-state index in [9.17, 15) is 9.59 Å². The Morgan fingerprint density at radius 1 is 1.17 bits per heavy atom. The SMILES string of the molecule is COc1ccccc1N1CC(C(=O)N2CCN(Cc3ccc(Cl)s3)CC2)CC1=O. The number of carbonyl (C=O) groups excluding carboxylic acids is 2. The summed E-state index contributed by atoms with van der Waals surface area (Å²) >= 11 is 7.61. The highest BCUT2D eigenvalue weighted by atomic mass is 35.5. The first kappa shape index (κ1) is 20.2. The number of hydrogen-bond acceptors (Lipinski definition) is 5. The van der Waals surface area contributed by atoms with Gasteiger partial charge in [-0.1, -0.05) is 23.7 Å². The first-order valence-electron chi connectivity index (χ1n) is 9.74. The van der Waals surface area contributed by atoms with Crippen molar-refractivity contribution in [3.05, 3.63) is 45.6 Å². The van der Waals surface area contributed by atoms with Gasteiger partial charge in [0.2, 0.25) is 11.8 Å². The number of carbonyl (C=O) groups is 2. The van der Waals surface area contributed by atoms with Gasteiger partial charge in [0.05, 0.1) is 23.1 Å². The Hall–Kier alpha value is -2.09. The summed E-state index contributed by atoms with van der Waals surface area (Å²) in [5.74, 6) is 0.405. The van der Waals surface area contributed by atoms with Crippen LogP contribution in [-0.2, 0) is 16.1 Å². The summed E-state index contributed by atoms with van der Waals surface area (Å²) in [5.41, 5.74) is 0.731. The van der Waals surface area contributed by atoms with Crippen molar-refractivity contribution in [3.8, 4) is 5.75 Å². The molecule has 2 amide bonds. The number of thiophene rings is 1. The number of benzene rings is 1. The molecule has 1 atom stereocenters. The minimum absolute atomic E-state index is 0.0268. The maximum atomic E-state index is 13.0. The highest BCUT2D eigenvalue weighted by Crippen LogP contribution is 2.33. The predicted octanol–water partition coefficient (Wildman–Crippen LogP) is 3.11. The van der Waals surface area contributed by atoms with Crippen molar-refractivity contribution in [1.82, 2.24) is 9.80 Å². The molecule has 29 heavy (non-hydrogen) atoms. The predicted molar refractivity (Wildman–Crippen MR) is 115 cm³/mol.